The van der Waals surface area contributed by atoms with Crippen molar-refractivity contribution < 1.29 is 36.0 Å². The Hall–Kier alpha value is -2.80. The fraction of sp³-hybridized carbons (Fsp3) is 0.560. The molecule has 14 heteroatoms. The van der Waals surface area contributed by atoms with Crippen LogP contribution in [0.4, 0.5) is 18.9 Å². The molecule has 3 saturated heterocycles. The summed E-state index contributed by atoms with van der Waals surface area (Å²) in [5.41, 5.74) is 0.528. The lowest BCUT2D eigenvalue weighted by Gasteiger charge is -2.53. The molecule has 1 saturated carbocycles. The molecule has 9 nitrogen and oxygen atoms in total. The minimum absolute atomic E-state index is 0.00446. The van der Waals surface area contributed by atoms with Gasteiger partial charge in [-0.15, -0.1) is 0 Å². The van der Waals surface area contributed by atoms with Gasteiger partial charge in [0.1, 0.15) is 6.04 Å². The number of anilines is 1. The Balaban J connectivity index is 1.58. The van der Waals surface area contributed by atoms with Gasteiger partial charge in [-0.25, -0.2) is 17.2 Å². The van der Waals surface area contributed by atoms with Crippen LogP contribution in [-0.4, -0.2) is 74.4 Å². The number of hydrogen-bond donors (Lipinski definition) is 3. The molecule has 0 aromatic heterocycles. The van der Waals surface area contributed by atoms with E-state index in [9.17, 15) is 36.0 Å². The standard InChI is InChI=1S/C25H30ClF3N4O5S/c1-39(37,38)20(27)11-17(9-14-7-8-30-23(14)35)32-24(36)22-19-6-5-18(12-25(19,28)29)33(22)21(34)13-31-16-4-2-3-15(26)10-16/h2-4,10-11,14,17-19,22,31H,5-9,12-13H2,1H3,(H,30,35)(H,32,36)/b20-11+/t14-,17-,18+,19+,22+/m0/s1. The average molecular weight is 591 g/mol. The molecular weight excluding hydrogens is 561 g/mol. The minimum Gasteiger partial charge on any atom is -0.376 e. The number of hydrogen-bond acceptors (Lipinski definition) is 6. The number of piperidine rings is 2. The molecule has 1 aromatic carbocycles. The number of fused-ring (bicyclic) bond motifs is 3. The molecule has 39 heavy (non-hydrogen) atoms. The van der Waals surface area contributed by atoms with E-state index in [1.807, 2.05) is 0 Å². The molecule has 1 aromatic rings. The molecule has 4 fully saturated rings. The van der Waals surface area contributed by atoms with Crippen LogP contribution in [0.25, 0.3) is 0 Å². The summed E-state index contributed by atoms with van der Waals surface area (Å²) in [4.78, 5) is 40.1. The van der Waals surface area contributed by atoms with Crippen LogP contribution < -0.4 is 16.0 Å². The first-order valence-corrected chi connectivity index (χ1v) is 14.9. The average Bonchev–Trinajstić information content (AvgIpc) is 3.25. The second-order valence-electron chi connectivity index (χ2n) is 10.3. The van der Waals surface area contributed by atoms with Gasteiger partial charge in [-0.05, 0) is 50.0 Å². The van der Waals surface area contributed by atoms with Crippen LogP contribution in [0.2, 0.25) is 5.02 Å². The SMILES string of the molecule is CS(=O)(=O)/C(F)=C/[C@H](C[C@@H]1CCNC1=O)NC(=O)[C@H]1[C@H]2CC[C@H](CC2(F)F)N1C(=O)CNc1cccc(Cl)c1. The van der Waals surface area contributed by atoms with E-state index in [2.05, 4.69) is 16.0 Å². The molecule has 4 aliphatic rings. The highest BCUT2D eigenvalue weighted by molar-refractivity contribution is 7.94. The highest BCUT2D eigenvalue weighted by atomic mass is 35.5. The van der Waals surface area contributed by atoms with Crippen molar-refractivity contribution in [3.05, 3.63) is 40.5 Å². The van der Waals surface area contributed by atoms with Crippen molar-refractivity contribution in [1.82, 2.24) is 15.5 Å². The zero-order chi connectivity index (χ0) is 28.5. The third-order valence-corrected chi connectivity index (χ3v) is 8.56. The highest BCUT2D eigenvalue weighted by Gasteiger charge is 2.60. The normalized spacial score (nSPS) is 27.2. The number of nitrogens with zero attached hydrogens (tertiary/aromatic N) is 1. The third kappa shape index (κ3) is 6.68. The summed E-state index contributed by atoms with van der Waals surface area (Å²) in [7, 11) is -4.25. The van der Waals surface area contributed by atoms with Crippen molar-refractivity contribution in [3.8, 4) is 0 Å². The van der Waals surface area contributed by atoms with Crippen molar-refractivity contribution in [2.45, 2.75) is 56.2 Å². The number of sulfone groups is 1. The molecule has 0 unspecified atom stereocenters. The van der Waals surface area contributed by atoms with Crippen LogP contribution >= 0.6 is 11.6 Å². The lowest BCUT2D eigenvalue weighted by Crippen LogP contribution is -2.69. The van der Waals surface area contributed by atoms with Gasteiger partial charge in [0.2, 0.25) is 32.7 Å². The third-order valence-electron chi connectivity index (χ3n) is 7.48. The van der Waals surface area contributed by atoms with Crippen LogP contribution in [0.1, 0.15) is 32.1 Å². The number of amides is 3. The number of nitrogens with one attached hydrogen (secondary N) is 3. The predicted octanol–water partition coefficient (Wildman–Crippen LogP) is 2.63. The Bertz CT molecular complexity index is 1280. The number of carbonyl (C=O) groups excluding carboxylic acids is 3. The van der Waals surface area contributed by atoms with Gasteiger partial charge in [0, 0.05) is 41.9 Å². The van der Waals surface area contributed by atoms with E-state index >= 15 is 0 Å². The second-order valence-corrected chi connectivity index (χ2v) is 12.7. The molecule has 5 atom stereocenters. The topological polar surface area (TPSA) is 125 Å². The smallest absolute Gasteiger partial charge is 0.255 e. The summed E-state index contributed by atoms with van der Waals surface area (Å²) in [5, 5.41) is 6.88. The molecule has 5 rings (SSSR count). The fourth-order valence-corrected chi connectivity index (χ4v) is 6.23. The first-order chi connectivity index (χ1) is 18.3. The monoisotopic (exact) mass is 590 g/mol. The van der Waals surface area contributed by atoms with E-state index in [1.54, 1.807) is 24.3 Å². The molecule has 2 bridgehead atoms. The summed E-state index contributed by atoms with van der Waals surface area (Å²) >= 11 is 5.97. The van der Waals surface area contributed by atoms with Gasteiger partial charge >= 0.3 is 0 Å². The number of alkyl halides is 2. The number of halogens is 4. The van der Waals surface area contributed by atoms with E-state index in [0.29, 0.717) is 42.4 Å². The fourth-order valence-electron chi connectivity index (χ4n) is 5.63. The number of carbonyl (C=O) groups is 3. The van der Waals surface area contributed by atoms with Crippen LogP contribution in [0.5, 0.6) is 0 Å². The van der Waals surface area contributed by atoms with Gasteiger partial charge in [0.15, 0.2) is 0 Å². The van der Waals surface area contributed by atoms with E-state index in [1.165, 1.54) is 0 Å². The number of benzene rings is 1. The zero-order valence-electron chi connectivity index (χ0n) is 21.1. The van der Waals surface area contributed by atoms with Crippen LogP contribution in [-0.2, 0) is 24.2 Å². The molecule has 3 amide bonds. The Morgan fingerprint density at radius 1 is 1.28 bits per heavy atom. The quantitative estimate of drug-likeness (QED) is 0.406. The van der Waals surface area contributed by atoms with Crippen molar-refractivity contribution in [3.63, 3.8) is 0 Å². The van der Waals surface area contributed by atoms with E-state index < -0.39 is 69.1 Å². The van der Waals surface area contributed by atoms with E-state index in [4.69, 9.17) is 11.6 Å². The van der Waals surface area contributed by atoms with Gasteiger partial charge in [0.25, 0.3) is 5.92 Å². The Kier molecular flexibility index (Phi) is 8.50. The van der Waals surface area contributed by atoms with Crippen molar-refractivity contribution >= 4 is 44.8 Å². The zero-order valence-corrected chi connectivity index (χ0v) is 22.7. The van der Waals surface area contributed by atoms with Crippen molar-refractivity contribution in [2.75, 3.05) is 24.7 Å². The summed E-state index contributed by atoms with van der Waals surface area (Å²) in [6.07, 6.45) is 1.27. The molecule has 214 valence electrons. The Labute approximate surface area is 229 Å². The lowest BCUT2D eigenvalue weighted by atomic mass is 9.71. The van der Waals surface area contributed by atoms with Crippen molar-refractivity contribution in [2.24, 2.45) is 11.8 Å². The molecular formula is C25H30ClF3N4O5S. The maximum Gasteiger partial charge on any atom is 0.255 e. The first-order valence-electron chi connectivity index (χ1n) is 12.6. The van der Waals surface area contributed by atoms with Crippen LogP contribution in [0, 0.1) is 11.8 Å². The van der Waals surface area contributed by atoms with Gasteiger partial charge in [-0.2, -0.15) is 4.39 Å². The Morgan fingerprint density at radius 2 is 2.03 bits per heavy atom. The van der Waals surface area contributed by atoms with Gasteiger partial charge in [0.05, 0.1) is 18.5 Å². The van der Waals surface area contributed by atoms with Crippen LogP contribution in [0.3, 0.4) is 0 Å². The van der Waals surface area contributed by atoms with Gasteiger partial charge in [-0.1, -0.05) is 17.7 Å². The second kappa shape index (κ2) is 11.4. The molecule has 0 radical (unpaired) electrons. The summed E-state index contributed by atoms with van der Waals surface area (Å²) in [6.45, 7) is 0.0795. The Morgan fingerprint density at radius 3 is 2.64 bits per heavy atom. The first kappa shape index (κ1) is 29.2. The van der Waals surface area contributed by atoms with E-state index in [-0.39, 0.29) is 25.3 Å². The summed E-state index contributed by atoms with van der Waals surface area (Å²) < 4.78 is 67.7. The van der Waals surface area contributed by atoms with Gasteiger partial charge in [-0.3, -0.25) is 14.4 Å². The maximum absolute atomic E-state index is 15.0. The van der Waals surface area contributed by atoms with Crippen molar-refractivity contribution in [1.29, 1.82) is 0 Å². The summed E-state index contributed by atoms with van der Waals surface area (Å²) in [5.74, 6) is -7.20. The maximum atomic E-state index is 15.0. The van der Waals surface area contributed by atoms with E-state index in [0.717, 1.165) is 4.90 Å². The largest absolute Gasteiger partial charge is 0.376 e. The highest BCUT2D eigenvalue weighted by Crippen LogP contribution is 2.49. The van der Waals surface area contributed by atoms with Crippen LogP contribution in [0.15, 0.2) is 35.5 Å². The van der Waals surface area contributed by atoms with Gasteiger partial charge < -0.3 is 20.9 Å². The molecule has 0 spiro atoms. The molecule has 3 aliphatic heterocycles. The minimum atomic E-state index is -4.25. The summed E-state index contributed by atoms with van der Waals surface area (Å²) in [6, 6.07) is 2.84. The molecule has 1 aliphatic carbocycles. The predicted molar refractivity (Wildman–Crippen MR) is 138 cm³/mol. The number of rotatable bonds is 9. The molecule has 3 N–H and O–H groups in total. The molecule has 3 heterocycles. The lowest BCUT2D eigenvalue weighted by molar-refractivity contribution is -0.193.